The third-order valence-corrected chi connectivity index (χ3v) is 3.72. The van der Waals surface area contributed by atoms with Crippen molar-refractivity contribution >= 4 is 37.7 Å². The summed E-state index contributed by atoms with van der Waals surface area (Å²) in [5.41, 5.74) is 7.10. The van der Waals surface area contributed by atoms with Gasteiger partial charge in [-0.1, -0.05) is 11.3 Å². The Morgan fingerprint density at radius 1 is 1.44 bits per heavy atom. The molecular weight excluding hydrogens is 252 g/mol. The molecule has 0 unspecified atom stereocenters. The first kappa shape index (κ1) is 11.0. The van der Waals surface area contributed by atoms with Gasteiger partial charge >= 0.3 is 5.63 Å². The van der Waals surface area contributed by atoms with Crippen LogP contribution in [0.25, 0.3) is 21.2 Å². The second-order valence-electron chi connectivity index (χ2n) is 3.89. The molecule has 0 radical (unpaired) electrons. The number of ether oxygens (including phenoxy) is 1. The van der Waals surface area contributed by atoms with E-state index >= 15 is 0 Å². The molecule has 0 aliphatic rings. The molecule has 3 aromatic rings. The minimum Gasteiger partial charge on any atom is -0.496 e. The average molecular weight is 262 g/mol. The van der Waals surface area contributed by atoms with Crippen molar-refractivity contribution in [3.63, 3.8) is 0 Å². The molecule has 0 fully saturated rings. The Kier molecular flexibility index (Phi) is 2.27. The Labute approximate surface area is 106 Å². The van der Waals surface area contributed by atoms with Gasteiger partial charge in [0.15, 0.2) is 5.13 Å². The monoisotopic (exact) mass is 262 g/mol. The predicted octanol–water partition coefficient (Wildman–Crippen LogP) is 2.30. The summed E-state index contributed by atoms with van der Waals surface area (Å²) in [5.74, 6) is 0.674. The summed E-state index contributed by atoms with van der Waals surface area (Å²) in [6, 6.07) is 3.65. The first-order chi connectivity index (χ1) is 8.61. The number of nitrogen functional groups attached to an aromatic ring is 1. The fraction of sp³-hybridized carbons (Fsp3) is 0.167. The van der Waals surface area contributed by atoms with Gasteiger partial charge in [-0.2, -0.15) is 0 Å². The maximum absolute atomic E-state index is 11.9. The number of hydrogen-bond acceptors (Lipinski definition) is 6. The number of hydrogen-bond donors (Lipinski definition) is 1. The highest BCUT2D eigenvalue weighted by molar-refractivity contribution is 7.22. The van der Waals surface area contributed by atoms with Crippen molar-refractivity contribution in [2.75, 3.05) is 12.8 Å². The third kappa shape index (κ3) is 1.39. The van der Waals surface area contributed by atoms with Crippen LogP contribution in [0.5, 0.6) is 5.75 Å². The van der Waals surface area contributed by atoms with Crippen molar-refractivity contribution in [3.8, 4) is 5.75 Å². The number of aryl methyl sites for hydroxylation is 1. The number of rotatable bonds is 1. The van der Waals surface area contributed by atoms with Gasteiger partial charge in [0, 0.05) is 10.9 Å². The molecule has 5 nitrogen and oxygen atoms in total. The van der Waals surface area contributed by atoms with E-state index < -0.39 is 5.63 Å². The molecule has 1 aromatic carbocycles. The molecule has 2 N–H and O–H groups in total. The number of aromatic nitrogens is 1. The van der Waals surface area contributed by atoms with Crippen LogP contribution >= 0.6 is 11.3 Å². The Bertz CT molecular complexity index is 819. The number of benzene rings is 1. The third-order valence-electron chi connectivity index (χ3n) is 2.86. The van der Waals surface area contributed by atoms with Crippen molar-refractivity contribution in [3.05, 3.63) is 28.1 Å². The Morgan fingerprint density at radius 3 is 2.94 bits per heavy atom. The standard InChI is InChI=1S/C12H10N2O3S/c1-5-7(16-2)4-3-6-8-10(18-12(13)14-8)11(15)17-9(5)6/h3-4H,1-2H3,(H2,13,14). The van der Waals surface area contributed by atoms with Gasteiger partial charge in [0.1, 0.15) is 21.5 Å². The second kappa shape index (κ2) is 3.71. The number of methoxy groups -OCH3 is 1. The predicted molar refractivity (Wildman–Crippen MR) is 71.4 cm³/mol. The molecule has 3 rings (SSSR count). The van der Waals surface area contributed by atoms with Gasteiger partial charge < -0.3 is 14.9 Å². The van der Waals surface area contributed by atoms with Crippen LogP contribution < -0.4 is 16.1 Å². The summed E-state index contributed by atoms with van der Waals surface area (Å²) in [4.78, 5) is 16.1. The van der Waals surface area contributed by atoms with Crippen LogP contribution in [0.3, 0.4) is 0 Å². The molecule has 0 spiro atoms. The van der Waals surface area contributed by atoms with Crippen LogP contribution in [0.15, 0.2) is 21.3 Å². The molecule has 18 heavy (non-hydrogen) atoms. The fourth-order valence-corrected chi connectivity index (χ4v) is 2.73. The van der Waals surface area contributed by atoms with Crippen molar-refractivity contribution in [2.45, 2.75) is 6.92 Å². The van der Waals surface area contributed by atoms with E-state index in [9.17, 15) is 4.79 Å². The van der Waals surface area contributed by atoms with Crippen LogP contribution in [-0.2, 0) is 0 Å². The van der Waals surface area contributed by atoms with Gasteiger partial charge in [-0.15, -0.1) is 0 Å². The van der Waals surface area contributed by atoms with E-state index in [-0.39, 0.29) is 0 Å². The first-order valence-corrected chi connectivity index (χ1v) is 6.10. The van der Waals surface area contributed by atoms with Gasteiger partial charge in [-0.25, -0.2) is 9.78 Å². The lowest BCUT2D eigenvalue weighted by molar-refractivity contribution is 0.411. The summed E-state index contributed by atoms with van der Waals surface area (Å²) >= 11 is 1.14. The highest BCUT2D eigenvalue weighted by Gasteiger charge is 2.15. The van der Waals surface area contributed by atoms with E-state index in [2.05, 4.69) is 4.98 Å². The summed E-state index contributed by atoms with van der Waals surface area (Å²) < 4.78 is 11.0. The Morgan fingerprint density at radius 2 is 2.22 bits per heavy atom. The van der Waals surface area contributed by atoms with Crippen molar-refractivity contribution in [2.24, 2.45) is 0 Å². The van der Waals surface area contributed by atoms with Gasteiger partial charge in [0.05, 0.1) is 7.11 Å². The lowest BCUT2D eigenvalue weighted by Crippen LogP contribution is -1.99. The van der Waals surface area contributed by atoms with E-state index in [1.54, 1.807) is 7.11 Å². The lowest BCUT2D eigenvalue weighted by Gasteiger charge is -2.06. The number of anilines is 1. The number of fused-ring (bicyclic) bond motifs is 3. The largest absolute Gasteiger partial charge is 0.496 e. The van der Waals surface area contributed by atoms with E-state index in [0.717, 1.165) is 22.3 Å². The zero-order valence-electron chi connectivity index (χ0n) is 9.81. The highest BCUT2D eigenvalue weighted by Crippen LogP contribution is 2.32. The summed E-state index contributed by atoms with van der Waals surface area (Å²) in [6.45, 7) is 1.84. The molecule has 0 bridgehead atoms. The molecule has 92 valence electrons. The zero-order chi connectivity index (χ0) is 12.9. The summed E-state index contributed by atoms with van der Waals surface area (Å²) in [5, 5.41) is 1.13. The Balaban J connectivity index is 2.57. The molecule has 6 heteroatoms. The molecule has 2 aromatic heterocycles. The molecule has 0 saturated carbocycles. The molecule has 0 amide bonds. The topological polar surface area (TPSA) is 78.3 Å². The molecule has 0 saturated heterocycles. The zero-order valence-corrected chi connectivity index (χ0v) is 10.6. The van der Waals surface area contributed by atoms with Crippen LogP contribution in [0.4, 0.5) is 5.13 Å². The highest BCUT2D eigenvalue weighted by atomic mass is 32.1. The minimum atomic E-state index is -0.414. The fourth-order valence-electron chi connectivity index (χ4n) is 2.01. The second-order valence-corrected chi connectivity index (χ2v) is 4.92. The molecule has 0 aliphatic heterocycles. The number of thiazole rings is 1. The normalized spacial score (nSPS) is 11.2. The van der Waals surface area contributed by atoms with Crippen LogP contribution in [0, 0.1) is 6.92 Å². The van der Waals surface area contributed by atoms with Crippen LogP contribution in [0.1, 0.15) is 5.56 Å². The van der Waals surface area contributed by atoms with Gasteiger partial charge in [0.2, 0.25) is 0 Å². The molecular formula is C12H10N2O3S. The minimum absolute atomic E-state index is 0.360. The van der Waals surface area contributed by atoms with Crippen molar-refractivity contribution < 1.29 is 9.15 Å². The van der Waals surface area contributed by atoms with Gasteiger partial charge in [0.25, 0.3) is 0 Å². The smallest absolute Gasteiger partial charge is 0.356 e. The maximum atomic E-state index is 11.9. The lowest BCUT2D eigenvalue weighted by atomic mass is 10.1. The van der Waals surface area contributed by atoms with E-state index in [1.165, 1.54) is 0 Å². The van der Waals surface area contributed by atoms with E-state index in [4.69, 9.17) is 14.9 Å². The van der Waals surface area contributed by atoms with Gasteiger partial charge in [-0.05, 0) is 19.1 Å². The first-order valence-electron chi connectivity index (χ1n) is 5.28. The van der Waals surface area contributed by atoms with E-state index in [0.29, 0.717) is 26.7 Å². The van der Waals surface area contributed by atoms with Crippen molar-refractivity contribution in [1.29, 1.82) is 0 Å². The van der Waals surface area contributed by atoms with Crippen LogP contribution in [-0.4, -0.2) is 12.1 Å². The summed E-state index contributed by atoms with van der Waals surface area (Å²) in [6.07, 6.45) is 0. The SMILES string of the molecule is COc1ccc2c(oc(=O)c3sc(N)nc32)c1C. The quantitative estimate of drug-likeness (QED) is 0.681. The van der Waals surface area contributed by atoms with Crippen LogP contribution in [0.2, 0.25) is 0 Å². The summed E-state index contributed by atoms with van der Waals surface area (Å²) in [7, 11) is 1.58. The molecule has 0 aliphatic carbocycles. The number of nitrogens with two attached hydrogens (primary N) is 1. The average Bonchev–Trinajstić information content (AvgIpc) is 2.73. The Hall–Kier alpha value is -2.08. The molecule has 2 heterocycles. The molecule has 0 atom stereocenters. The van der Waals surface area contributed by atoms with Crippen molar-refractivity contribution in [1.82, 2.24) is 4.98 Å². The maximum Gasteiger partial charge on any atom is 0.356 e. The van der Waals surface area contributed by atoms with Gasteiger partial charge in [-0.3, -0.25) is 0 Å². The van der Waals surface area contributed by atoms with E-state index in [1.807, 2.05) is 19.1 Å². The number of nitrogens with zero attached hydrogens (tertiary/aromatic N) is 1.